The molecular formula is C10H23N3O3S. The molecule has 0 amide bonds. The molecule has 1 fully saturated rings. The minimum absolute atomic E-state index is 0.312. The van der Waals surface area contributed by atoms with E-state index < -0.39 is 10.0 Å². The second-order valence-electron chi connectivity index (χ2n) is 4.36. The van der Waals surface area contributed by atoms with Crippen LogP contribution < -0.4 is 5.32 Å². The molecule has 1 aliphatic heterocycles. The second-order valence-corrected chi connectivity index (χ2v) is 6.35. The normalized spacial score (nSPS) is 21.6. The lowest BCUT2D eigenvalue weighted by Gasteiger charge is -2.38. The maximum atomic E-state index is 11.4. The molecule has 6 nitrogen and oxygen atoms in total. The average Bonchev–Trinajstić information content (AvgIpc) is 2.28. The third kappa shape index (κ3) is 4.51. The fraction of sp³-hybridized carbons (Fsp3) is 1.00. The van der Waals surface area contributed by atoms with E-state index in [4.69, 9.17) is 4.74 Å². The lowest BCUT2D eigenvalue weighted by molar-refractivity contribution is 0.0685. The third-order valence-corrected chi connectivity index (χ3v) is 4.36. The monoisotopic (exact) mass is 265 g/mol. The summed E-state index contributed by atoms with van der Waals surface area (Å²) in [4.78, 5) is 2.28. The van der Waals surface area contributed by atoms with Crippen LogP contribution in [0.3, 0.4) is 0 Å². The lowest BCUT2D eigenvalue weighted by atomic mass is 10.2. The lowest BCUT2D eigenvalue weighted by Crippen LogP contribution is -2.54. The van der Waals surface area contributed by atoms with Crippen LogP contribution in [0.15, 0.2) is 0 Å². The highest BCUT2D eigenvalue weighted by Gasteiger charge is 2.27. The zero-order chi connectivity index (χ0) is 12.9. The van der Waals surface area contributed by atoms with Gasteiger partial charge in [-0.25, -0.2) is 8.42 Å². The van der Waals surface area contributed by atoms with Crippen molar-refractivity contribution < 1.29 is 13.2 Å². The Bertz CT molecular complexity index is 307. The smallest absolute Gasteiger partial charge is 0.211 e. The number of piperazine rings is 1. The average molecular weight is 265 g/mol. The molecule has 0 aromatic heterocycles. The Balaban J connectivity index is 2.49. The molecule has 0 aliphatic carbocycles. The number of hydrogen-bond acceptors (Lipinski definition) is 5. The van der Waals surface area contributed by atoms with Crippen LogP contribution in [0, 0.1) is 0 Å². The Morgan fingerprint density at radius 1 is 1.29 bits per heavy atom. The van der Waals surface area contributed by atoms with Gasteiger partial charge in [0.2, 0.25) is 10.0 Å². The Morgan fingerprint density at radius 2 is 1.88 bits per heavy atom. The van der Waals surface area contributed by atoms with Crippen LogP contribution in [0.1, 0.15) is 0 Å². The molecule has 0 radical (unpaired) electrons. The van der Waals surface area contributed by atoms with E-state index in [9.17, 15) is 8.42 Å². The van der Waals surface area contributed by atoms with Crippen molar-refractivity contribution in [1.29, 1.82) is 0 Å². The van der Waals surface area contributed by atoms with E-state index in [2.05, 4.69) is 10.2 Å². The highest BCUT2D eigenvalue weighted by molar-refractivity contribution is 7.88. The Hall–Kier alpha value is -0.210. The first-order chi connectivity index (χ1) is 7.99. The van der Waals surface area contributed by atoms with Crippen LogP contribution in [-0.2, 0) is 14.8 Å². The summed E-state index contributed by atoms with van der Waals surface area (Å²) in [6.45, 7) is 4.20. The predicted molar refractivity (Wildman–Crippen MR) is 67.6 cm³/mol. The zero-order valence-electron chi connectivity index (χ0n) is 10.8. The van der Waals surface area contributed by atoms with E-state index >= 15 is 0 Å². The molecule has 1 heterocycles. The molecule has 17 heavy (non-hydrogen) atoms. The van der Waals surface area contributed by atoms with Gasteiger partial charge in [0.1, 0.15) is 0 Å². The van der Waals surface area contributed by atoms with Gasteiger partial charge in [-0.15, -0.1) is 0 Å². The summed E-state index contributed by atoms with van der Waals surface area (Å²) >= 11 is 0. The number of sulfonamides is 1. The Morgan fingerprint density at radius 3 is 2.29 bits per heavy atom. The van der Waals surface area contributed by atoms with Crippen molar-refractivity contribution in [1.82, 2.24) is 14.5 Å². The minimum atomic E-state index is -3.04. The topological polar surface area (TPSA) is 61.9 Å². The fourth-order valence-electron chi connectivity index (χ4n) is 2.12. The Labute approximate surface area is 104 Å². The molecule has 7 heteroatoms. The highest BCUT2D eigenvalue weighted by atomic mass is 32.2. The fourth-order valence-corrected chi connectivity index (χ4v) is 2.95. The van der Waals surface area contributed by atoms with Gasteiger partial charge in [0.05, 0.1) is 12.9 Å². The van der Waals surface area contributed by atoms with Crippen LogP contribution in [-0.4, -0.2) is 83.4 Å². The zero-order valence-corrected chi connectivity index (χ0v) is 11.7. The van der Waals surface area contributed by atoms with E-state index in [-0.39, 0.29) is 0 Å². The summed E-state index contributed by atoms with van der Waals surface area (Å²) in [7, 11) is 0.562. The maximum Gasteiger partial charge on any atom is 0.211 e. The number of methoxy groups -OCH3 is 1. The van der Waals surface area contributed by atoms with Crippen LogP contribution in [0.5, 0.6) is 0 Å². The van der Waals surface area contributed by atoms with Crippen LogP contribution in [0.4, 0.5) is 0 Å². The molecule has 0 bridgehead atoms. The SMILES string of the molecule is CNCC(COC)N1CCN(S(C)(=O)=O)CC1. The first-order valence-corrected chi connectivity index (χ1v) is 7.66. The quantitative estimate of drug-likeness (QED) is 0.653. The molecular weight excluding hydrogens is 242 g/mol. The van der Waals surface area contributed by atoms with E-state index in [1.807, 2.05) is 7.05 Å². The predicted octanol–water partition coefficient (Wildman–Crippen LogP) is -1.20. The van der Waals surface area contributed by atoms with Gasteiger partial charge in [-0.05, 0) is 7.05 Å². The van der Waals surface area contributed by atoms with Crippen molar-refractivity contribution >= 4 is 10.0 Å². The highest BCUT2D eigenvalue weighted by Crippen LogP contribution is 2.09. The largest absolute Gasteiger partial charge is 0.383 e. The Kier molecular flexibility index (Phi) is 5.81. The molecule has 1 saturated heterocycles. The molecule has 0 saturated carbocycles. The van der Waals surface area contributed by atoms with Crippen molar-refractivity contribution in [3.05, 3.63) is 0 Å². The van der Waals surface area contributed by atoms with E-state index in [1.54, 1.807) is 7.11 Å². The van der Waals surface area contributed by atoms with Crippen molar-refractivity contribution in [3.63, 3.8) is 0 Å². The molecule has 0 spiro atoms. The molecule has 0 aromatic carbocycles. The summed E-state index contributed by atoms with van der Waals surface area (Å²) < 4.78 is 29.5. The van der Waals surface area contributed by atoms with E-state index in [1.165, 1.54) is 10.6 Å². The number of hydrogen-bond donors (Lipinski definition) is 1. The van der Waals surface area contributed by atoms with Crippen LogP contribution in [0.25, 0.3) is 0 Å². The van der Waals surface area contributed by atoms with Gasteiger partial charge in [-0.1, -0.05) is 0 Å². The molecule has 1 N–H and O–H groups in total. The van der Waals surface area contributed by atoms with Crippen molar-refractivity contribution in [2.24, 2.45) is 0 Å². The second kappa shape index (κ2) is 6.65. The van der Waals surface area contributed by atoms with Gasteiger partial charge in [0.25, 0.3) is 0 Å². The van der Waals surface area contributed by atoms with Gasteiger partial charge >= 0.3 is 0 Å². The van der Waals surface area contributed by atoms with Crippen LogP contribution in [0.2, 0.25) is 0 Å². The number of likely N-dealkylation sites (N-methyl/N-ethyl adjacent to an activating group) is 1. The van der Waals surface area contributed by atoms with Gasteiger partial charge in [-0.3, -0.25) is 4.90 Å². The van der Waals surface area contributed by atoms with Gasteiger partial charge in [-0.2, -0.15) is 4.31 Å². The summed E-state index contributed by atoms with van der Waals surface area (Å²) in [6, 6.07) is 0.312. The molecule has 1 rings (SSSR count). The van der Waals surface area contributed by atoms with Crippen molar-refractivity contribution in [3.8, 4) is 0 Å². The maximum absolute atomic E-state index is 11.4. The van der Waals surface area contributed by atoms with Gasteiger partial charge in [0.15, 0.2) is 0 Å². The molecule has 0 aromatic rings. The number of ether oxygens (including phenoxy) is 1. The van der Waals surface area contributed by atoms with E-state index in [0.717, 1.165) is 19.6 Å². The number of nitrogens with zero attached hydrogens (tertiary/aromatic N) is 2. The minimum Gasteiger partial charge on any atom is -0.383 e. The first-order valence-electron chi connectivity index (χ1n) is 5.81. The van der Waals surface area contributed by atoms with Crippen molar-refractivity contribution in [2.45, 2.75) is 6.04 Å². The standard InChI is InChI=1S/C10H23N3O3S/c1-11-8-10(9-16-2)12-4-6-13(7-5-12)17(3,14)15/h10-11H,4-9H2,1-3H3. The number of rotatable bonds is 6. The van der Waals surface area contributed by atoms with Crippen molar-refractivity contribution in [2.75, 3.05) is 59.7 Å². The summed E-state index contributed by atoms with van der Waals surface area (Å²) in [5.74, 6) is 0. The van der Waals surface area contributed by atoms with Gasteiger partial charge < -0.3 is 10.1 Å². The summed E-state index contributed by atoms with van der Waals surface area (Å²) in [5, 5.41) is 3.14. The summed E-state index contributed by atoms with van der Waals surface area (Å²) in [6.07, 6.45) is 1.27. The molecule has 102 valence electrons. The van der Waals surface area contributed by atoms with Gasteiger partial charge in [0, 0.05) is 45.9 Å². The summed E-state index contributed by atoms with van der Waals surface area (Å²) in [5.41, 5.74) is 0. The molecule has 1 aliphatic rings. The molecule has 1 atom stereocenters. The third-order valence-electron chi connectivity index (χ3n) is 3.06. The van der Waals surface area contributed by atoms with Crippen LogP contribution >= 0.6 is 0 Å². The molecule has 1 unspecified atom stereocenters. The first kappa shape index (κ1) is 14.8. The number of nitrogens with one attached hydrogen (secondary N) is 1. The van der Waals surface area contributed by atoms with E-state index in [0.29, 0.717) is 25.7 Å².